The van der Waals surface area contributed by atoms with E-state index in [1.165, 1.54) is 0 Å². The molecule has 0 radical (unpaired) electrons. The zero-order valence-corrected chi connectivity index (χ0v) is 22.3. The van der Waals surface area contributed by atoms with Gasteiger partial charge in [0.25, 0.3) is 5.91 Å². The highest BCUT2D eigenvalue weighted by atomic mass is 19.4. The summed E-state index contributed by atoms with van der Waals surface area (Å²) in [5.41, 5.74) is -1.43. The summed E-state index contributed by atoms with van der Waals surface area (Å²) in [6.07, 6.45) is -1.43. The van der Waals surface area contributed by atoms with Crippen LogP contribution in [-0.2, 0) is 24.0 Å². The molecule has 3 aromatic rings. The Morgan fingerprint density at radius 1 is 1.10 bits per heavy atom. The van der Waals surface area contributed by atoms with Gasteiger partial charge in [0, 0.05) is 18.4 Å². The van der Waals surface area contributed by atoms with Crippen molar-refractivity contribution in [2.24, 2.45) is 0 Å². The van der Waals surface area contributed by atoms with Crippen LogP contribution >= 0.6 is 0 Å². The Bertz CT molecular complexity index is 1460. The predicted molar refractivity (Wildman–Crippen MR) is 142 cm³/mol. The molecule has 0 atom stereocenters. The van der Waals surface area contributed by atoms with Crippen LogP contribution in [0.15, 0.2) is 48.7 Å². The van der Waals surface area contributed by atoms with E-state index in [0.717, 1.165) is 23.7 Å². The monoisotopic (exact) mass is 570 g/mol. The third-order valence-corrected chi connectivity index (χ3v) is 7.49. The molecular formula is C29H29F3N4O5. The van der Waals surface area contributed by atoms with E-state index in [1.807, 2.05) is 30.3 Å². The van der Waals surface area contributed by atoms with Crippen LogP contribution in [0.5, 0.6) is 11.5 Å². The molecule has 0 unspecified atom stereocenters. The van der Waals surface area contributed by atoms with Crippen LogP contribution < -0.4 is 19.7 Å². The van der Waals surface area contributed by atoms with Gasteiger partial charge in [-0.25, -0.2) is 14.8 Å². The first-order chi connectivity index (χ1) is 19.6. The molecule has 1 aliphatic carbocycles. The van der Waals surface area contributed by atoms with Crippen LogP contribution in [0.2, 0.25) is 0 Å². The van der Waals surface area contributed by atoms with Gasteiger partial charge in [-0.05, 0) is 60.7 Å². The zero-order chi connectivity index (χ0) is 29.2. The van der Waals surface area contributed by atoms with E-state index in [4.69, 9.17) is 9.47 Å². The van der Waals surface area contributed by atoms with Gasteiger partial charge in [-0.3, -0.25) is 4.79 Å². The molecule has 2 aromatic carbocycles. The summed E-state index contributed by atoms with van der Waals surface area (Å²) < 4.78 is 53.4. The molecule has 1 amide bonds. The first kappa shape index (κ1) is 28.2. The third kappa shape index (κ3) is 5.91. The maximum atomic E-state index is 14.1. The Hall–Kier alpha value is -4.35. The Morgan fingerprint density at radius 2 is 1.88 bits per heavy atom. The van der Waals surface area contributed by atoms with Gasteiger partial charge < -0.3 is 24.8 Å². The Balaban J connectivity index is 1.36. The molecule has 0 saturated heterocycles. The van der Waals surface area contributed by atoms with E-state index in [-0.39, 0.29) is 18.8 Å². The standard InChI is InChI=1S/C29H29F3N4O5/c1-40-20-7-5-6-18(14-20)17-41-21-8-9-23-19(15-21)10-13-36(23)27-33-16-22(24(34-27)29(30,31)32)25(37)35-28(26(38)39)11-3-2-4-12-28/h5-9,14-16H,2-4,10-13,17H2,1H3,(H,35,37)(H,38,39). The number of nitrogens with zero attached hydrogens (tertiary/aromatic N) is 3. The second kappa shape index (κ2) is 11.3. The summed E-state index contributed by atoms with van der Waals surface area (Å²) in [7, 11) is 1.59. The number of rotatable bonds is 8. The van der Waals surface area contributed by atoms with Crippen molar-refractivity contribution in [3.8, 4) is 11.5 Å². The molecule has 0 bridgehead atoms. The fourth-order valence-electron chi connectivity index (χ4n) is 5.32. The molecule has 216 valence electrons. The molecule has 1 aliphatic heterocycles. The average molecular weight is 571 g/mol. The van der Waals surface area contributed by atoms with Crippen molar-refractivity contribution < 1.29 is 37.3 Å². The van der Waals surface area contributed by atoms with E-state index in [2.05, 4.69) is 15.3 Å². The van der Waals surface area contributed by atoms with Gasteiger partial charge in [0.05, 0.1) is 12.7 Å². The van der Waals surface area contributed by atoms with Crippen LogP contribution in [-0.4, -0.2) is 46.1 Å². The Morgan fingerprint density at radius 3 is 2.59 bits per heavy atom. The van der Waals surface area contributed by atoms with Crippen molar-refractivity contribution in [3.63, 3.8) is 0 Å². The molecule has 0 spiro atoms. The average Bonchev–Trinajstić information content (AvgIpc) is 3.39. The molecule has 9 nitrogen and oxygen atoms in total. The smallest absolute Gasteiger partial charge is 0.434 e. The molecule has 5 rings (SSSR count). The molecule has 1 saturated carbocycles. The quantitative estimate of drug-likeness (QED) is 0.376. The van der Waals surface area contributed by atoms with Gasteiger partial charge in [0.1, 0.15) is 23.6 Å². The summed E-state index contributed by atoms with van der Waals surface area (Å²) in [4.78, 5) is 34.3. The number of anilines is 2. The lowest BCUT2D eigenvalue weighted by Crippen LogP contribution is -2.55. The van der Waals surface area contributed by atoms with Crippen LogP contribution in [0.3, 0.4) is 0 Å². The van der Waals surface area contributed by atoms with Gasteiger partial charge in [-0.2, -0.15) is 13.2 Å². The number of halogens is 3. The van der Waals surface area contributed by atoms with Gasteiger partial charge in [-0.15, -0.1) is 0 Å². The van der Waals surface area contributed by atoms with Crippen LogP contribution in [0, 0.1) is 0 Å². The molecule has 2 aliphatic rings. The highest BCUT2D eigenvalue weighted by molar-refractivity contribution is 5.98. The predicted octanol–water partition coefficient (Wildman–Crippen LogP) is 5.29. The molecule has 2 heterocycles. The van der Waals surface area contributed by atoms with Crippen LogP contribution in [0.1, 0.15) is 59.3 Å². The van der Waals surface area contributed by atoms with Crippen molar-refractivity contribution >= 4 is 23.5 Å². The molecule has 41 heavy (non-hydrogen) atoms. The number of hydrogen-bond acceptors (Lipinski definition) is 7. The third-order valence-electron chi connectivity index (χ3n) is 7.49. The van der Waals surface area contributed by atoms with Crippen molar-refractivity contribution in [3.05, 3.63) is 71.0 Å². The largest absolute Gasteiger partial charge is 0.497 e. The molecule has 2 N–H and O–H groups in total. The van der Waals surface area contributed by atoms with Crippen LogP contribution in [0.25, 0.3) is 0 Å². The number of alkyl halides is 3. The zero-order valence-electron chi connectivity index (χ0n) is 22.3. The highest BCUT2D eigenvalue weighted by Crippen LogP contribution is 2.38. The van der Waals surface area contributed by atoms with Crippen molar-refractivity contribution in [1.82, 2.24) is 15.3 Å². The van der Waals surface area contributed by atoms with E-state index in [0.29, 0.717) is 49.6 Å². The van der Waals surface area contributed by atoms with Crippen molar-refractivity contribution in [1.29, 1.82) is 0 Å². The maximum absolute atomic E-state index is 14.1. The SMILES string of the molecule is COc1cccc(COc2ccc3c(c2)CCN3c2ncc(C(=O)NC3(C(=O)O)CCCCC3)c(C(F)(F)F)n2)c1. The van der Waals surface area contributed by atoms with Gasteiger partial charge in [-0.1, -0.05) is 31.4 Å². The minimum Gasteiger partial charge on any atom is -0.497 e. The normalized spacial score (nSPS) is 16.1. The van der Waals surface area contributed by atoms with Crippen molar-refractivity contribution in [2.45, 2.75) is 56.8 Å². The minimum absolute atomic E-state index is 0.143. The second-order valence-corrected chi connectivity index (χ2v) is 10.2. The summed E-state index contributed by atoms with van der Waals surface area (Å²) in [5, 5.41) is 12.1. The lowest BCUT2D eigenvalue weighted by molar-refractivity contribution is -0.145. The summed E-state index contributed by atoms with van der Waals surface area (Å²) in [5.74, 6) is -1.31. The number of aliphatic carboxylic acids is 1. The molecule has 12 heteroatoms. The molecule has 1 fully saturated rings. The number of carbonyl (C=O) groups is 2. The number of nitrogens with one attached hydrogen (secondary N) is 1. The van der Waals surface area contributed by atoms with Crippen LogP contribution in [0.4, 0.5) is 24.8 Å². The maximum Gasteiger partial charge on any atom is 0.434 e. The molecule has 1 aromatic heterocycles. The number of carbonyl (C=O) groups excluding carboxylic acids is 1. The summed E-state index contributed by atoms with van der Waals surface area (Å²) in [6, 6.07) is 12.8. The lowest BCUT2D eigenvalue weighted by atomic mass is 9.81. The Kier molecular flexibility index (Phi) is 7.74. The summed E-state index contributed by atoms with van der Waals surface area (Å²) >= 11 is 0. The number of carboxylic acids is 1. The van der Waals surface area contributed by atoms with E-state index in [1.54, 1.807) is 24.1 Å². The first-order valence-corrected chi connectivity index (χ1v) is 13.3. The topological polar surface area (TPSA) is 114 Å². The van der Waals surface area contributed by atoms with E-state index >= 15 is 0 Å². The van der Waals surface area contributed by atoms with E-state index in [9.17, 15) is 27.9 Å². The number of hydrogen-bond donors (Lipinski definition) is 2. The fourth-order valence-corrected chi connectivity index (χ4v) is 5.32. The number of methoxy groups -OCH3 is 1. The number of ether oxygens (including phenoxy) is 2. The number of amides is 1. The fraction of sp³-hybridized carbons (Fsp3) is 0.379. The van der Waals surface area contributed by atoms with Gasteiger partial charge >= 0.3 is 12.1 Å². The minimum atomic E-state index is -4.96. The van der Waals surface area contributed by atoms with E-state index < -0.39 is 34.8 Å². The van der Waals surface area contributed by atoms with Gasteiger partial charge in [0.15, 0.2) is 5.69 Å². The second-order valence-electron chi connectivity index (χ2n) is 10.2. The number of fused-ring (bicyclic) bond motifs is 1. The van der Waals surface area contributed by atoms with Crippen molar-refractivity contribution in [2.75, 3.05) is 18.6 Å². The van der Waals surface area contributed by atoms with Gasteiger partial charge in [0.2, 0.25) is 5.95 Å². The first-order valence-electron chi connectivity index (χ1n) is 13.3. The number of aromatic nitrogens is 2. The molecular weight excluding hydrogens is 541 g/mol. The highest BCUT2D eigenvalue weighted by Gasteiger charge is 2.44. The number of carboxylic acid groups (broad SMARTS) is 1. The summed E-state index contributed by atoms with van der Waals surface area (Å²) in [6.45, 7) is 0.643. The number of benzene rings is 2. The Labute approximate surface area is 234 Å². The lowest BCUT2D eigenvalue weighted by Gasteiger charge is -2.34.